The molecule has 0 N–H and O–H groups in total. The molecule has 0 spiro atoms. The zero-order chi connectivity index (χ0) is 11.1. The third-order valence-corrected chi connectivity index (χ3v) is 2.77. The minimum Gasteiger partial charge on any atom is -0.207 e. The molecule has 0 amide bonds. The fraction of sp³-hybridized carbons (Fsp3) is 0. The van der Waals surface area contributed by atoms with Crippen molar-refractivity contribution >= 4 is 21.5 Å². The van der Waals surface area contributed by atoms with Crippen LogP contribution < -0.4 is 0 Å². The topological polar surface area (TPSA) is 0 Å². The molecule has 0 saturated heterocycles. The summed E-state index contributed by atoms with van der Waals surface area (Å²) in [5.74, 6) is -0.570. The van der Waals surface area contributed by atoms with Crippen LogP contribution >= 0.6 is 0 Å². The zero-order valence-corrected chi connectivity index (χ0v) is 8.37. The highest BCUT2D eigenvalue weighted by atomic mass is 19.1. The summed E-state index contributed by atoms with van der Waals surface area (Å²) in [5, 5.41) is 2.74. The van der Waals surface area contributed by atoms with Crippen molar-refractivity contribution in [2.75, 3.05) is 0 Å². The van der Waals surface area contributed by atoms with E-state index in [1.165, 1.54) is 18.2 Å². The van der Waals surface area contributed by atoms with Gasteiger partial charge >= 0.3 is 0 Å². The first-order valence-corrected chi connectivity index (χ1v) is 5.02. The molecule has 0 aromatic heterocycles. The summed E-state index contributed by atoms with van der Waals surface area (Å²) >= 11 is 0. The van der Waals surface area contributed by atoms with Crippen molar-refractivity contribution in [3.8, 4) is 0 Å². The van der Waals surface area contributed by atoms with Gasteiger partial charge in [0.05, 0.1) is 0 Å². The summed E-state index contributed by atoms with van der Waals surface area (Å²) in [6.45, 7) is 0. The first-order chi connectivity index (χ1) is 7.75. The smallest absolute Gasteiger partial charge is 0.131 e. The Bertz CT molecular complexity index is 687. The molecule has 0 nitrogen and oxygen atoms in total. The average Bonchev–Trinajstić information content (AvgIpc) is 2.31. The Hall–Kier alpha value is -1.96. The van der Waals surface area contributed by atoms with E-state index < -0.39 is 0 Å². The lowest BCUT2D eigenvalue weighted by molar-refractivity contribution is 0.629. The van der Waals surface area contributed by atoms with Crippen molar-refractivity contribution in [2.45, 2.75) is 0 Å². The maximum Gasteiger partial charge on any atom is 0.131 e. The van der Waals surface area contributed by atoms with Gasteiger partial charge in [-0.25, -0.2) is 8.78 Å². The van der Waals surface area contributed by atoms with Crippen molar-refractivity contribution in [3.63, 3.8) is 0 Å². The van der Waals surface area contributed by atoms with Gasteiger partial charge in [0.25, 0.3) is 0 Å². The summed E-state index contributed by atoms with van der Waals surface area (Å²) < 4.78 is 26.9. The first-order valence-electron chi connectivity index (χ1n) is 5.02. The Morgan fingerprint density at radius 3 is 2.25 bits per heavy atom. The average molecular weight is 214 g/mol. The standard InChI is InChI=1S/C14H8F2/c15-10-6-5-9-7-14(16)12-4-2-1-3-11(12)13(9)8-10/h1-8H. The van der Waals surface area contributed by atoms with Gasteiger partial charge in [-0.3, -0.25) is 0 Å². The minimum atomic E-state index is -0.302. The Morgan fingerprint density at radius 1 is 0.688 bits per heavy atom. The van der Waals surface area contributed by atoms with E-state index in [0.717, 1.165) is 16.2 Å². The Labute approximate surface area is 91.1 Å². The molecular weight excluding hydrogens is 206 g/mol. The predicted octanol–water partition coefficient (Wildman–Crippen LogP) is 4.27. The van der Waals surface area contributed by atoms with Crippen LogP contribution in [0.5, 0.6) is 0 Å². The molecule has 0 aliphatic heterocycles. The molecule has 0 bridgehead atoms. The predicted molar refractivity (Wildman–Crippen MR) is 61.4 cm³/mol. The molecule has 3 aromatic carbocycles. The van der Waals surface area contributed by atoms with Crippen LogP contribution in [0.4, 0.5) is 8.78 Å². The van der Waals surface area contributed by atoms with Gasteiger partial charge in [-0.05, 0) is 34.4 Å². The second-order valence-corrected chi connectivity index (χ2v) is 3.77. The monoisotopic (exact) mass is 214 g/mol. The van der Waals surface area contributed by atoms with Crippen LogP contribution in [0.15, 0.2) is 48.5 Å². The molecule has 3 rings (SSSR count). The van der Waals surface area contributed by atoms with Crippen LogP contribution in [0.3, 0.4) is 0 Å². The third kappa shape index (κ3) is 1.27. The van der Waals surface area contributed by atoms with E-state index in [1.54, 1.807) is 24.3 Å². The number of rotatable bonds is 0. The third-order valence-electron chi connectivity index (χ3n) is 2.77. The Kier molecular flexibility index (Phi) is 1.90. The molecule has 0 saturated carbocycles. The maximum atomic E-state index is 13.7. The normalized spacial score (nSPS) is 11.1. The van der Waals surface area contributed by atoms with Crippen molar-refractivity contribution in [3.05, 3.63) is 60.2 Å². The van der Waals surface area contributed by atoms with Gasteiger partial charge in [0.1, 0.15) is 11.6 Å². The fourth-order valence-electron chi connectivity index (χ4n) is 2.03. The van der Waals surface area contributed by atoms with Gasteiger partial charge in [-0.2, -0.15) is 0 Å². The molecule has 0 unspecified atom stereocenters. The van der Waals surface area contributed by atoms with Crippen LogP contribution in [0.2, 0.25) is 0 Å². The van der Waals surface area contributed by atoms with Gasteiger partial charge in [0, 0.05) is 5.39 Å². The van der Waals surface area contributed by atoms with Gasteiger partial charge < -0.3 is 0 Å². The second kappa shape index (κ2) is 3.27. The van der Waals surface area contributed by atoms with Crippen LogP contribution in [0, 0.1) is 11.6 Å². The van der Waals surface area contributed by atoms with E-state index in [2.05, 4.69) is 0 Å². The van der Waals surface area contributed by atoms with Crippen LogP contribution in [0.25, 0.3) is 21.5 Å². The molecule has 0 heterocycles. The molecule has 0 atom stereocenters. The summed E-state index contributed by atoms with van der Waals surface area (Å²) in [7, 11) is 0. The lowest BCUT2D eigenvalue weighted by Crippen LogP contribution is -1.84. The van der Waals surface area contributed by atoms with E-state index in [9.17, 15) is 8.78 Å². The van der Waals surface area contributed by atoms with Crippen LogP contribution in [-0.4, -0.2) is 0 Å². The van der Waals surface area contributed by atoms with Gasteiger partial charge in [-0.15, -0.1) is 0 Å². The lowest BCUT2D eigenvalue weighted by atomic mass is 10.0. The molecule has 2 heteroatoms. The number of fused-ring (bicyclic) bond motifs is 3. The number of hydrogen-bond acceptors (Lipinski definition) is 0. The fourth-order valence-corrected chi connectivity index (χ4v) is 2.03. The van der Waals surface area contributed by atoms with Crippen molar-refractivity contribution < 1.29 is 8.78 Å². The zero-order valence-electron chi connectivity index (χ0n) is 8.37. The lowest BCUT2D eigenvalue weighted by Gasteiger charge is -2.05. The molecule has 16 heavy (non-hydrogen) atoms. The molecule has 78 valence electrons. The number of benzene rings is 3. The second-order valence-electron chi connectivity index (χ2n) is 3.77. The number of hydrogen-bond donors (Lipinski definition) is 0. The highest BCUT2D eigenvalue weighted by Crippen LogP contribution is 2.28. The molecular formula is C14H8F2. The van der Waals surface area contributed by atoms with Gasteiger partial charge in [0.15, 0.2) is 0 Å². The molecule has 3 aromatic rings. The van der Waals surface area contributed by atoms with Gasteiger partial charge in [-0.1, -0.05) is 30.3 Å². The summed E-state index contributed by atoms with van der Waals surface area (Å²) in [6, 6.07) is 12.9. The quantitative estimate of drug-likeness (QED) is 0.490. The largest absolute Gasteiger partial charge is 0.207 e. The van der Waals surface area contributed by atoms with E-state index in [4.69, 9.17) is 0 Å². The highest BCUT2D eigenvalue weighted by molar-refractivity contribution is 6.07. The Balaban J connectivity index is 2.61. The van der Waals surface area contributed by atoms with E-state index >= 15 is 0 Å². The van der Waals surface area contributed by atoms with E-state index in [0.29, 0.717) is 5.39 Å². The minimum absolute atomic E-state index is 0.269. The van der Waals surface area contributed by atoms with Crippen molar-refractivity contribution in [1.82, 2.24) is 0 Å². The number of halogens is 2. The highest BCUT2D eigenvalue weighted by Gasteiger charge is 2.06. The Morgan fingerprint density at radius 2 is 1.44 bits per heavy atom. The molecule has 0 radical (unpaired) electrons. The summed E-state index contributed by atoms with van der Waals surface area (Å²) in [5.41, 5.74) is 0. The SMILES string of the molecule is Fc1ccc2cc(F)c3ccccc3c2c1. The summed E-state index contributed by atoms with van der Waals surface area (Å²) in [6.07, 6.45) is 0. The van der Waals surface area contributed by atoms with Crippen molar-refractivity contribution in [1.29, 1.82) is 0 Å². The molecule has 0 aliphatic rings. The molecule has 0 fully saturated rings. The molecule has 0 aliphatic carbocycles. The van der Waals surface area contributed by atoms with Crippen LogP contribution in [0.1, 0.15) is 0 Å². The van der Waals surface area contributed by atoms with Gasteiger partial charge in [0.2, 0.25) is 0 Å². The van der Waals surface area contributed by atoms with Crippen LogP contribution in [-0.2, 0) is 0 Å². The first kappa shape index (κ1) is 9.28. The van der Waals surface area contributed by atoms with E-state index in [-0.39, 0.29) is 11.6 Å². The van der Waals surface area contributed by atoms with E-state index in [1.807, 2.05) is 6.07 Å². The van der Waals surface area contributed by atoms with Crippen molar-refractivity contribution in [2.24, 2.45) is 0 Å². The maximum absolute atomic E-state index is 13.7. The summed E-state index contributed by atoms with van der Waals surface area (Å²) in [4.78, 5) is 0.